The number of amides is 2. The lowest BCUT2D eigenvalue weighted by Gasteiger charge is -2.35. The lowest BCUT2D eigenvalue weighted by atomic mass is 10.0. The molecular weight excluding hydrogens is 258 g/mol. The first kappa shape index (κ1) is 13.8. The van der Waals surface area contributed by atoms with E-state index >= 15 is 0 Å². The number of benzene rings is 1. The van der Waals surface area contributed by atoms with Crippen LogP contribution in [0.3, 0.4) is 0 Å². The van der Waals surface area contributed by atoms with E-state index in [1.54, 1.807) is 4.90 Å². The van der Waals surface area contributed by atoms with Crippen LogP contribution in [0, 0.1) is 0 Å². The Labute approximate surface area is 119 Å². The highest BCUT2D eigenvalue weighted by Crippen LogP contribution is 2.17. The number of carbonyl (C=O) groups excluding carboxylic acids is 1. The van der Waals surface area contributed by atoms with Gasteiger partial charge in [-0.25, -0.2) is 4.79 Å². The number of nitrogens with one attached hydrogen (secondary N) is 1. The summed E-state index contributed by atoms with van der Waals surface area (Å²) in [4.78, 5) is 14.4. The molecule has 1 unspecified atom stereocenters. The van der Waals surface area contributed by atoms with E-state index < -0.39 is 0 Å². The highest BCUT2D eigenvalue weighted by Gasteiger charge is 2.28. The Bertz CT molecular complexity index is 449. The van der Waals surface area contributed by atoms with Crippen molar-refractivity contribution in [3.05, 3.63) is 35.9 Å². The van der Waals surface area contributed by atoms with Crippen molar-refractivity contribution in [3.8, 4) is 0 Å². The molecule has 1 aromatic carbocycles. The first-order chi connectivity index (χ1) is 9.18. The molecule has 4 nitrogen and oxygen atoms in total. The normalized spacial score (nSPS) is 18.9. The zero-order valence-corrected chi connectivity index (χ0v) is 11.7. The smallest absolute Gasteiger partial charge is 0.318 e. The van der Waals surface area contributed by atoms with Gasteiger partial charge >= 0.3 is 6.03 Å². The Hall–Kier alpha value is -1.62. The molecule has 0 bridgehead atoms. The van der Waals surface area contributed by atoms with Crippen LogP contribution in [0.4, 0.5) is 4.79 Å². The van der Waals surface area contributed by atoms with Crippen molar-refractivity contribution in [2.45, 2.75) is 31.8 Å². The second-order valence-corrected chi connectivity index (χ2v) is 5.22. The van der Waals surface area contributed by atoms with Gasteiger partial charge in [-0.1, -0.05) is 42.5 Å². The van der Waals surface area contributed by atoms with Crippen LogP contribution in [-0.4, -0.2) is 28.5 Å². The van der Waals surface area contributed by atoms with Crippen LogP contribution in [0.15, 0.2) is 30.3 Å². The highest BCUT2D eigenvalue weighted by molar-refractivity contribution is 7.80. The molecule has 3 N–H and O–H groups in total. The number of carbonyl (C=O) groups is 1. The van der Waals surface area contributed by atoms with Gasteiger partial charge in [-0.2, -0.15) is 0 Å². The number of hydrogen-bond donors (Lipinski definition) is 2. The van der Waals surface area contributed by atoms with Gasteiger partial charge in [0.1, 0.15) is 0 Å². The molecule has 0 saturated carbocycles. The van der Waals surface area contributed by atoms with E-state index in [0.29, 0.717) is 11.5 Å². The zero-order valence-electron chi connectivity index (χ0n) is 10.8. The molecule has 0 radical (unpaired) electrons. The maximum absolute atomic E-state index is 12.2. The zero-order chi connectivity index (χ0) is 13.7. The average Bonchev–Trinajstić information content (AvgIpc) is 2.46. The van der Waals surface area contributed by atoms with E-state index in [1.807, 2.05) is 30.3 Å². The molecule has 19 heavy (non-hydrogen) atoms. The van der Waals surface area contributed by atoms with Crippen molar-refractivity contribution >= 4 is 23.2 Å². The predicted octanol–water partition coefficient (Wildman–Crippen LogP) is 2.04. The van der Waals surface area contributed by atoms with Crippen LogP contribution in [-0.2, 0) is 6.54 Å². The molecule has 1 heterocycles. The summed E-state index contributed by atoms with van der Waals surface area (Å²) in [5.41, 5.74) is 6.80. The van der Waals surface area contributed by atoms with E-state index in [9.17, 15) is 4.79 Å². The van der Waals surface area contributed by atoms with E-state index in [4.69, 9.17) is 18.0 Å². The van der Waals surface area contributed by atoms with Gasteiger partial charge in [0, 0.05) is 13.1 Å². The van der Waals surface area contributed by atoms with Crippen LogP contribution in [0.1, 0.15) is 24.8 Å². The van der Waals surface area contributed by atoms with Gasteiger partial charge < -0.3 is 16.0 Å². The van der Waals surface area contributed by atoms with Crippen LogP contribution in [0.2, 0.25) is 0 Å². The third-order valence-electron chi connectivity index (χ3n) is 3.38. The Morgan fingerprint density at radius 3 is 2.79 bits per heavy atom. The first-order valence-corrected chi connectivity index (χ1v) is 6.97. The van der Waals surface area contributed by atoms with Crippen molar-refractivity contribution in [2.75, 3.05) is 6.54 Å². The minimum atomic E-state index is -0.0977. The minimum absolute atomic E-state index is 0.0821. The number of rotatable bonds is 3. The molecule has 0 aliphatic carbocycles. The molecule has 102 valence electrons. The summed E-state index contributed by atoms with van der Waals surface area (Å²) in [6.45, 7) is 1.25. The molecule has 2 rings (SSSR count). The molecule has 5 heteroatoms. The van der Waals surface area contributed by atoms with Gasteiger partial charge in [0.05, 0.1) is 11.0 Å². The molecule has 1 aliphatic heterocycles. The van der Waals surface area contributed by atoms with E-state index in [-0.39, 0.29) is 12.1 Å². The Kier molecular flexibility index (Phi) is 4.74. The molecule has 1 aliphatic rings. The van der Waals surface area contributed by atoms with Crippen molar-refractivity contribution in [2.24, 2.45) is 5.73 Å². The molecule has 2 amide bonds. The minimum Gasteiger partial charge on any atom is -0.392 e. The summed E-state index contributed by atoms with van der Waals surface area (Å²) < 4.78 is 0. The topological polar surface area (TPSA) is 58.4 Å². The summed E-state index contributed by atoms with van der Waals surface area (Å²) in [5, 5.41) is 2.93. The quantitative estimate of drug-likeness (QED) is 0.831. The van der Waals surface area contributed by atoms with Crippen molar-refractivity contribution in [3.63, 3.8) is 0 Å². The summed E-state index contributed by atoms with van der Waals surface area (Å²) in [6, 6.07) is 9.67. The fourth-order valence-corrected chi connectivity index (χ4v) is 2.59. The Morgan fingerprint density at radius 2 is 2.11 bits per heavy atom. The predicted molar refractivity (Wildman–Crippen MR) is 79.8 cm³/mol. The maximum atomic E-state index is 12.2. The molecule has 1 saturated heterocycles. The number of likely N-dealkylation sites (tertiary alicyclic amines) is 1. The highest BCUT2D eigenvalue weighted by atomic mass is 32.1. The number of thiocarbonyl (C=S) groups is 1. The van der Waals surface area contributed by atoms with Gasteiger partial charge in [-0.3, -0.25) is 0 Å². The Morgan fingerprint density at radius 1 is 1.37 bits per heavy atom. The SMILES string of the molecule is NC(=S)C1CCCCN1C(=O)NCc1ccccc1. The van der Waals surface area contributed by atoms with E-state index in [1.165, 1.54) is 0 Å². The number of piperidine rings is 1. The standard InChI is InChI=1S/C14H19N3OS/c15-13(19)12-8-4-5-9-17(12)14(18)16-10-11-6-2-1-3-7-11/h1-3,6-7,12H,4-5,8-10H2,(H2,15,19)(H,16,18). The van der Waals surface area contributed by atoms with E-state index in [0.717, 1.165) is 31.4 Å². The van der Waals surface area contributed by atoms with Crippen molar-refractivity contribution < 1.29 is 4.79 Å². The van der Waals surface area contributed by atoms with Gasteiger partial charge in [-0.05, 0) is 24.8 Å². The Balaban J connectivity index is 1.93. The van der Waals surface area contributed by atoms with Gasteiger partial charge in [0.2, 0.25) is 0 Å². The van der Waals surface area contributed by atoms with Crippen molar-refractivity contribution in [1.29, 1.82) is 0 Å². The lowest BCUT2D eigenvalue weighted by Crippen LogP contribution is -2.53. The number of nitrogens with zero attached hydrogens (tertiary/aromatic N) is 1. The molecule has 1 fully saturated rings. The molecule has 1 aromatic rings. The lowest BCUT2D eigenvalue weighted by molar-refractivity contribution is 0.172. The average molecular weight is 277 g/mol. The number of hydrogen-bond acceptors (Lipinski definition) is 2. The third kappa shape index (κ3) is 3.67. The fourth-order valence-electron chi connectivity index (χ4n) is 2.35. The summed E-state index contributed by atoms with van der Waals surface area (Å²) in [5.74, 6) is 0. The number of nitrogens with two attached hydrogens (primary N) is 1. The second kappa shape index (κ2) is 6.52. The van der Waals surface area contributed by atoms with Crippen LogP contribution in [0.5, 0.6) is 0 Å². The second-order valence-electron chi connectivity index (χ2n) is 4.75. The summed E-state index contributed by atoms with van der Waals surface area (Å²) in [6.07, 6.45) is 2.95. The van der Waals surface area contributed by atoms with Gasteiger partial charge in [0.15, 0.2) is 0 Å². The summed E-state index contributed by atoms with van der Waals surface area (Å²) >= 11 is 5.05. The third-order valence-corrected chi connectivity index (χ3v) is 3.65. The first-order valence-electron chi connectivity index (χ1n) is 6.56. The largest absolute Gasteiger partial charge is 0.392 e. The maximum Gasteiger partial charge on any atom is 0.318 e. The number of urea groups is 1. The van der Waals surface area contributed by atoms with Crippen LogP contribution >= 0.6 is 12.2 Å². The molecule has 1 atom stereocenters. The van der Waals surface area contributed by atoms with Gasteiger partial charge in [0.25, 0.3) is 0 Å². The molecule has 0 aromatic heterocycles. The van der Waals surface area contributed by atoms with Crippen molar-refractivity contribution in [1.82, 2.24) is 10.2 Å². The summed E-state index contributed by atoms with van der Waals surface area (Å²) in [7, 11) is 0. The van der Waals surface area contributed by atoms with Crippen LogP contribution in [0.25, 0.3) is 0 Å². The van der Waals surface area contributed by atoms with Gasteiger partial charge in [-0.15, -0.1) is 0 Å². The molecular formula is C14H19N3OS. The van der Waals surface area contributed by atoms with Crippen LogP contribution < -0.4 is 11.1 Å². The molecule has 0 spiro atoms. The fraction of sp³-hybridized carbons (Fsp3) is 0.429. The monoisotopic (exact) mass is 277 g/mol. The van der Waals surface area contributed by atoms with E-state index in [2.05, 4.69) is 5.32 Å².